The van der Waals surface area contributed by atoms with Gasteiger partial charge in [0.05, 0.1) is 12.1 Å². The second kappa shape index (κ2) is 4.85. The van der Waals surface area contributed by atoms with Crippen molar-refractivity contribution >= 4 is 5.69 Å². The van der Waals surface area contributed by atoms with Crippen molar-refractivity contribution in [1.29, 1.82) is 0 Å². The van der Waals surface area contributed by atoms with Crippen molar-refractivity contribution < 1.29 is 5.11 Å². The van der Waals surface area contributed by atoms with E-state index in [1.807, 2.05) is 30.3 Å². The molecule has 88 valence electrons. The first-order chi connectivity index (χ1) is 7.74. The minimum absolute atomic E-state index is 0.172. The molecule has 3 nitrogen and oxygen atoms in total. The summed E-state index contributed by atoms with van der Waals surface area (Å²) in [5.74, 6) is 0. The van der Waals surface area contributed by atoms with Crippen LogP contribution in [-0.4, -0.2) is 42.3 Å². The molecule has 1 heterocycles. The van der Waals surface area contributed by atoms with E-state index in [0.29, 0.717) is 0 Å². The molecule has 0 bridgehead atoms. The molecule has 1 aromatic rings. The zero-order chi connectivity index (χ0) is 11.4. The molecule has 0 saturated carbocycles. The fourth-order valence-electron chi connectivity index (χ4n) is 2.46. The number of nitrogens with one attached hydrogen (secondary N) is 1. The van der Waals surface area contributed by atoms with Gasteiger partial charge in [0.2, 0.25) is 0 Å². The normalized spacial score (nSPS) is 26.6. The highest BCUT2D eigenvalue weighted by Gasteiger charge is 2.33. The third-order valence-corrected chi connectivity index (χ3v) is 3.25. The number of likely N-dealkylation sites (N-methyl/N-ethyl adjacent to an activating group) is 1. The van der Waals surface area contributed by atoms with E-state index in [-0.39, 0.29) is 12.1 Å². The van der Waals surface area contributed by atoms with Gasteiger partial charge in [-0.15, -0.1) is 0 Å². The summed E-state index contributed by atoms with van der Waals surface area (Å²) < 4.78 is 0. The Balaban J connectivity index is 2.10. The van der Waals surface area contributed by atoms with Crippen molar-refractivity contribution in [2.75, 3.05) is 32.1 Å². The zero-order valence-corrected chi connectivity index (χ0v) is 9.82. The lowest BCUT2D eigenvalue weighted by molar-refractivity contribution is 0.124. The summed E-state index contributed by atoms with van der Waals surface area (Å²) in [5.41, 5.74) is 0.917. The van der Waals surface area contributed by atoms with Gasteiger partial charge in [-0.25, -0.2) is 0 Å². The molecule has 0 aliphatic carbocycles. The standard InChI is InChI=1S/C13H20N2O/c1-15-9-5-8-13(10-15,11-16)14-12-6-3-2-4-7-12/h2-4,6-7,14,16H,5,8-11H2,1H3. The maximum absolute atomic E-state index is 9.63. The van der Waals surface area contributed by atoms with Gasteiger partial charge in [0.1, 0.15) is 0 Å². The summed E-state index contributed by atoms with van der Waals surface area (Å²) in [6, 6.07) is 10.1. The van der Waals surface area contributed by atoms with Gasteiger partial charge in [0.15, 0.2) is 0 Å². The lowest BCUT2D eigenvalue weighted by Crippen LogP contribution is -2.54. The van der Waals surface area contributed by atoms with Crippen molar-refractivity contribution in [1.82, 2.24) is 4.90 Å². The molecular formula is C13H20N2O. The summed E-state index contributed by atoms with van der Waals surface area (Å²) in [6.45, 7) is 2.21. The molecule has 2 N–H and O–H groups in total. The van der Waals surface area contributed by atoms with Crippen molar-refractivity contribution in [3.63, 3.8) is 0 Å². The zero-order valence-electron chi connectivity index (χ0n) is 9.82. The lowest BCUT2D eigenvalue weighted by Gasteiger charge is -2.41. The number of piperidine rings is 1. The molecule has 1 aliphatic heterocycles. The number of benzene rings is 1. The lowest BCUT2D eigenvalue weighted by atomic mass is 9.89. The molecule has 0 amide bonds. The molecule has 2 rings (SSSR count). The number of hydrogen-bond donors (Lipinski definition) is 2. The van der Waals surface area contributed by atoms with E-state index in [9.17, 15) is 5.11 Å². The molecule has 16 heavy (non-hydrogen) atoms. The molecule has 1 saturated heterocycles. The largest absolute Gasteiger partial charge is 0.394 e. The molecule has 0 aromatic heterocycles. The smallest absolute Gasteiger partial charge is 0.0730 e. The van der Waals surface area contributed by atoms with Gasteiger partial charge in [-0.3, -0.25) is 0 Å². The Kier molecular flexibility index (Phi) is 3.46. The van der Waals surface area contributed by atoms with E-state index < -0.39 is 0 Å². The summed E-state index contributed by atoms with van der Waals surface area (Å²) in [6.07, 6.45) is 2.17. The molecule has 0 spiro atoms. The number of aliphatic hydroxyl groups excluding tert-OH is 1. The van der Waals surface area contributed by atoms with Gasteiger partial charge in [-0.2, -0.15) is 0 Å². The van der Waals surface area contributed by atoms with Crippen LogP contribution in [0.2, 0.25) is 0 Å². The third kappa shape index (κ3) is 2.54. The fourth-order valence-corrected chi connectivity index (χ4v) is 2.46. The molecule has 1 atom stereocenters. The highest BCUT2D eigenvalue weighted by atomic mass is 16.3. The number of rotatable bonds is 3. The van der Waals surface area contributed by atoms with Crippen LogP contribution in [0, 0.1) is 0 Å². The quantitative estimate of drug-likeness (QED) is 0.811. The first kappa shape index (κ1) is 11.4. The number of hydrogen-bond acceptors (Lipinski definition) is 3. The number of anilines is 1. The van der Waals surface area contributed by atoms with Crippen molar-refractivity contribution in [3.8, 4) is 0 Å². The topological polar surface area (TPSA) is 35.5 Å². The van der Waals surface area contributed by atoms with E-state index >= 15 is 0 Å². The average molecular weight is 220 g/mol. The summed E-state index contributed by atoms with van der Waals surface area (Å²) in [7, 11) is 2.11. The molecular weight excluding hydrogens is 200 g/mol. The van der Waals surface area contributed by atoms with Crippen LogP contribution in [0.5, 0.6) is 0 Å². The highest BCUT2D eigenvalue weighted by Crippen LogP contribution is 2.24. The second-order valence-electron chi connectivity index (χ2n) is 4.77. The molecule has 1 unspecified atom stereocenters. The van der Waals surface area contributed by atoms with Gasteiger partial charge in [-0.1, -0.05) is 18.2 Å². The minimum Gasteiger partial charge on any atom is -0.394 e. The Bertz CT molecular complexity index is 328. The van der Waals surface area contributed by atoms with Gasteiger partial charge < -0.3 is 15.3 Å². The maximum Gasteiger partial charge on any atom is 0.0730 e. The highest BCUT2D eigenvalue weighted by molar-refractivity contribution is 5.45. The van der Waals surface area contributed by atoms with Crippen LogP contribution >= 0.6 is 0 Å². The molecule has 1 fully saturated rings. The Hall–Kier alpha value is -1.06. The number of nitrogens with zero attached hydrogens (tertiary/aromatic N) is 1. The van der Waals surface area contributed by atoms with Gasteiger partial charge in [-0.05, 0) is 38.6 Å². The first-order valence-corrected chi connectivity index (χ1v) is 5.87. The first-order valence-electron chi connectivity index (χ1n) is 5.87. The van der Waals surface area contributed by atoms with Gasteiger partial charge in [0.25, 0.3) is 0 Å². The van der Waals surface area contributed by atoms with Crippen molar-refractivity contribution in [3.05, 3.63) is 30.3 Å². The Morgan fingerprint density at radius 2 is 2.12 bits per heavy atom. The summed E-state index contributed by atoms with van der Waals surface area (Å²) in [4.78, 5) is 2.27. The van der Waals surface area contributed by atoms with E-state index in [4.69, 9.17) is 0 Å². The van der Waals surface area contributed by atoms with Crippen molar-refractivity contribution in [2.24, 2.45) is 0 Å². The van der Waals surface area contributed by atoms with E-state index in [1.54, 1.807) is 0 Å². The number of likely N-dealkylation sites (tertiary alicyclic amines) is 1. The van der Waals surface area contributed by atoms with Gasteiger partial charge in [0, 0.05) is 12.2 Å². The van der Waals surface area contributed by atoms with Crippen LogP contribution in [0.15, 0.2) is 30.3 Å². The van der Waals surface area contributed by atoms with Crippen LogP contribution in [0.1, 0.15) is 12.8 Å². The van der Waals surface area contributed by atoms with Crippen LogP contribution < -0.4 is 5.32 Å². The predicted molar refractivity (Wildman–Crippen MR) is 66.6 cm³/mol. The van der Waals surface area contributed by atoms with Crippen molar-refractivity contribution in [2.45, 2.75) is 18.4 Å². The molecule has 1 aliphatic rings. The second-order valence-corrected chi connectivity index (χ2v) is 4.77. The van der Waals surface area contributed by atoms with E-state index in [0.717, 1.165) is 31.6 Å². The van der Waals surface area contributed by atoms with E-state index in [2.05, 4.69) is 17.3 Å². The number of aliphatic hydroxyl groups is 1. The van der Waals surface area contributed by atoms with Gasteiger partial charge >= 0.3 is 0 Å². The Morgan fingerprint density at radius 1 is 1.38 bits per heavy atom. The minimum atomic E-state index is -0.172. The Labute approximate surface area is 97.1 Å². The third-order valence-electron chi connectivity index (χ3n) is 3.25. The fraction of sp³-hybridized carbons (Fsp3) is 0.538. The Morgan fingerprint density at radius 3 is 2.75 bits per heavy atom. The molecule has 1 aromatic carbocycles. The number of para-hydroxylation sites is 1. The van der Waals surface area contributed by atoms with Crippen LogP contribution in [0.4, 0.5) is 5.69 Å². The van der Waals surface area contributed by atoms with Crippen LogP contribution in [0.25, 0.3) is 0 Å². The van der Waals surface area contributed by atoms with Crippen LogP contribution in [-0.2, 0) is 0 Å². The monoisotopic (exact) mass is 220 g/mol. The molecule has 0 radical (unpaired) electrons. The summed E-state index contributed by atoms with van der Waals surface area (Å²) in [5, 5.41) is 13.1. The van der Waals surface area contributed by atoms with E-state index in [1.165, 1.54) is 0 Å². The predicted octanol–water partition coefficient (Wildman–Crippen LogP) is 1.56. The van der Waals surface area contributed by atoms with Crippen LogP contribution in [0.3, 0.4) is 0 Å². The summed E-state index contributed by atoms with van der Waals surface area (Å²) >= 11 is 0. The maximum atomic E-state index is 9.63. The SMILES string of the molecule is CN1CCCC(CO)(Nc2ccccc2)C1. The average Bonchev–Trinajstić information content (AvgIpc) is 2.30. The molecule has 3 heteroatoms.